The molecule has 0 aliphatic rings. The molecule has 5 heteroatoms. The highest BCUT2D eigenvalue weighted by molar-refractivity contribution is 6.99. The first-order valence-corrected chi connectivity index (χ1v) is 5.96. The standard InChI is InChI=1S/C12H10N4S/c1-13-12-11(15-17-16-12)10-4-2-3-8-7-14-6-5-9(8)10/h2-7H,1H3,(H,13,16). The van der Waals surface area contributed by atoms with Crippen molar-refractivity contribution in [3.63, 3.8) is 0 Å². The molecule has 0 radical (unpaired) electrons. The van der Waals surface area contributed by atoms with Gasteiger partial charge in [0.15, 0.2) is 5.82 Å². The lowest BCUT2D eigenvalue weighted by Gasteiger charge is -2.04. The number of nitrogens with one attached hydrogen (secondary N) is 1. The van der Waals surface area contributed by atoms with Crippen molar-refractivity contribution in [2.24, 2.45) is 0 Å². The molecule has 3 rings (SSSR count). The van der Waals surface area contributed by atoms with Crippen molar-refractivity contribution in [1.29, 1.82) is 0 Å². The molecule has 2 heterocycles. The monoisotopic (exact) mass is 242 g/mol. The van der Waals surface area contributed by atoms with Crippen LogP contribution in [0.3, 0.4) is 0 Å². The third-order valence-electron chi connectivity index (χ3n) is 2.66. The van der Waals surface area contributed by atoms with Crippen LogP contribution in [0.4, 0.5) is 5.82 Å². The zero-order chi connectivity index (χ0) is 11.7. The van der Waals surface area contributed by atoms with Crippen molar-refractivity contribution < 1.29 is 0 Å². The van der Waals surface area contributed by atoms with E-state index in [1.54, 1.807) is 6.20 Å². The first kappa shape index (κ1) is 10.2. The molecule has 1 N–H and O–H groups in total. The van der Waals surface area contributed by atoms with Gasteiger partial charge in [-0.05, 0) is 11.5 Å². The maximum absolute atomic E-state index is 4.36. The molecule has 4 nitrogen and oxygen atoms in total. The van der Waals surface area contributed by atoms with E-state index in [9.17, 15) is 0 Å². The topological polar surface area (TPSA) is 50.7 Å². The van der Waals surface area contributed by atoms with Gasteiger partial charge in [-0.25, -0.2) is 0 Å². The molecule has 0 amide bonds. The molecule has 0 spiro atoms. The maximum atomic E-state index is 4.36. The predicted octanol–water partition coefficient (Wildman–Crippen LogP) is 2.80. The Kier molecular flexibility index (Phi) is 2.45. The highest BCUT2D eigenvalue weighted by atomic mass is 32.1. The molecule has 1 aromatic carbocycles. The van der Waals surface area contributed by atoms with E-state index < -0.39 is 0 Å². The first-order chi connectivity index (χ1) is 8.40. The van der Waals surface area contributed by atoms with Crippen molar-refractivity contribution in [2.45, 2.75) is 0 Å². The highest BCUT2D eigenvalue weighted by Crippen LogP contribution is 2.31. The number of hydrogen-bond donors (Lipinski definition) is 1. The molecule has 0 aliphatic heterocycles. The zero-order valence-electron chi connectivity index (χ0n) is 9.21. The van der Waals surface area contributed by atoms with Crippen molar-refractivity contribution in [3.05, 3.63) is 36.7 Å². The van der Waals surface area contributed by atoms with Gasteiger partial charge in [0, 0.05) is 30.4 Å². The predicted molar refractivity (Wildman–Crippen MR) is 70.2 cm³/mol. The molecule has 0 atom stereocenters. The van der Waals surface area contributed by atoms with Crippen molar-refractivity contribution >= 4 is 28.3 Å². The maximum Gasteiger partial charge on any atom is 0.167 e. The summed E-state index contributed by atoms with van der Waals surface area (Å²) in [6.07, 6.45) is 3.66. The lowest BCUT2D eigenvalue weighted by atomic mass is 10.0. The average molecular weight is 242 g/mol. The quantitative estimate of drug-likeness (QED) is 0.750. The summed E-state index contributed by atoms with van der Waals surface area (Å²) < 4.78 is 8.58. The molecule has 3 aromatic rings. The smallest absolute Gasteiger partial charge is 0.167 e. The largest absolute Gasteiger partial charge is 0.370 e. The fraction of sp³-hybridized carbons (Fsp3) is 0.0833. The summed E-state index contributed by atoms with van der Waals surface area (Å²) >= 11 is 1.22. The fourth-order valence-corrected chi connectivity index (χ4v) is 2.43. The van der Waals surface area contributed by atoms with Gasteiger partial charge >= 0.3 is 0 Å². The Balaban J connectivity index is 2.31. The summed E-state index contributed by atoms with van der Waals surface area (Å²) in [6.45, 7) is 0. The van der Waals surface area contributed by atoms with Gasteiger partial charge in [0.25, 0.3) is 0 Å². The summed E-state index contributed by atoms with van der Waals surface area (Å²) in [7, 11) is 1.85. The second kappa shape index (κ2) is 4.10. The molecule has 2 aromatic heterocycles. The van der Waals surface area contributed by atoms with Gasteiger partial charge in [-0.1, -0.05) is 18.2 Å². The normalized spacial score (nSPS) is 10.6. The minimum atomic E-state index is 0.819. The van der Waals surface area contributed by atoms with Gasteiger partial charge in [0.1, 0.15) is 5.69 Å². The Morgan fingerprint density at radius 3 is 3.00 bits per heavy atom. The second-order valence-corrected chi connectivity index (χ2v) is 4.14. The van der Waals surface area contributed by atoms with Gasteiger partial charge < -0.3 is 5.32 Å². The number of hydrogen-bond acceptors (Lipinski definition) is 5. The minimum absolute atomic E-state index is 0.819. The van der Waals surface area contributed by atoms with Crippen LogP contribution in [0.15, 0.2) is 36.7 Å². The molecule has 0 saturated carbocycles. The van der Waals surface area contributed by atoms with Gasteiger partial charge in [-0.3, -0.25) is 4.98 Å². The highest BCUT2D eigenvalue weighted by Gasteiger charge is 2.11. The SMILES string of the molecule is CNc1nsnc1-c1cccc2cnccc12. The van der Waals surface area contributed by atoms with Crippen molar-refractivity contribution in [3.8, 4) is 11.3 Å². The van der Waals surface area contributed by atoms with Crippen molar-refractivity contribution in [1.82, 2.24) is 13.7 Å². The van der Waals surface area contributed by atoms with Crippen LogP contribution in [0.25, 0.3) is 22.0 Å². The van der Waals surface area contributed by atoms with Crippen LogP contribution in [0.2, 0.25) is 0 Å². The van der Waals surface area contributed by atoms with Crippen molar-refractivity contribution in [2.75, 3.05) is 12.4 Å². The number of rotatable bonds is 2. The van der Waals surface area contributed by atoms with Crippen LogP contribution >= 0.6 is 11.7 Å². The van der Waals surface area contributed by atoms with E-state index in [1.165, 1.54) is 11.7 Å². The van der Waals surface area contributed by atoms with E-state index in [1.807, 2.05) is 31.4 Å². The van der Waals surface area contributed by atoms with E-state index in [0.717, 1.165) is 27.8 Å². The van der Waals surface area contributed by atoms with Crippen LogP contribution < -0.4 is 5.32 Å². The molecule has 84 valence electrons. The van der Waals surface area contributed by atoms with Gasteiger partial charge in [0.2, 0.25) is 0 Å². The van der Waals surface area contributed by atoms with Crippen LogP contribution in [0.5, 0.6) is 0 Å². The van der Waals surface area contributed by atoms with E-state index in [0.29, 0.717) is 0 Å². The lowest BCUT2D eigenvalue weighted by Crippen LogP contribution is -1.91. The number of aromatic nitrogens is 3. The number of benzene rings is 1. The Labute approximate surface area is 103 Å². The summed E-state index contributed by atoms with van der Waals surface area (Å²) in [5, 5.41) is 5.32. The van der Waals surface area contributed by atoms with Gasteiger partial charge in [-0.15, -0.1) is 0 Å². The molecule has 0 aliphatic carbocycles. The molecule has 0 fully saturated rings. The summed E-state index contributed by atoms with van der Waals surface area (Å²) in [5.41, 5.74) is 1.98. The third-order valence-corrected chi connectivity index (χ3v) is 3.19. The first-order valence-electron chi connectivity index (χ1n) is 5.23. The van der Waals surface area contributed by atoms with Crippen LogP contribution in [-0.2, 0) is 0 Å². The summed E-state index contributed by atoms with van der Waals surface area (Å²) in [6, 6.07) is 8.12. The minimum Gasteiger partial charge on any atom is -0.370 e. The van der Waals surface area contributed by atoms with E-state index in [2.05, 4.69) is 25.1 Å². The lowest BCUT2D eigenvalue weighted by molar-refractivity contribution is 1.36. The molecule has 0 unspecified atom stereocenters. The summed E-state index contributed by atoms with van der Waals surface area (Å²) in [5.74, 6) is 0.819. The van der Waals surface area contributed by atoms with E-state index in [4.69, 9.17) is 0 Å². The molecule has 0 bridgehead atoms. The Morgan fingerprint density at radius 2 is 2.12 bits per heavy atom. The zero-order valence-corrected chi connectivity index (χ0v) is 10.0. The number of nitrogens with zero attached hydrogens (tertiary/aromatic N) is 3. The fourth-order valence-electron chi connectivity index (χ4n) is 1.86. The van der Waals surface area contributed by atoms with E-state index in [-0.39, 0.29) is 0 Å². The van der Waals surface area contributed by atoms with Gasteiger partial charge in [-0.2, -0.15) is 8.75 Å². The molecular formula is C12H10N4S. The van der Waals surface area contributed by atoms with Crippen LogP contribution in [0.1, 0.15) is 0 Å². The Hall–Kier alpha value is -2.01. The Bertz CT molecular complexity index is 657. The van der Waals surface area contributed by atoms with Gasteiger partial charge in [0.05, 0.1) is 11.7 Å². The second-order valence-electron chi connectivity index (χ2n) is 3.61. The van der Waals surface area contributed by atoms with E-state index >= 15 is 0 Å². The number of pyridine rings is 1. The number of fused-ring (bicyclic) bond motifs is 1. The third kappa shape index (κ3) is 1.64. The molecular weight excluding hydrogens is 232 g/mol. The van der Waals surface area contributed by atoms with Crippen LogP contribution in [0, 0.1) is 0 Å². The Morgan fingerprint density at radius 1 is 1.18 bits per heavy atom. The average Bonchev–Trinajstić information content (AvgIpc) is 2.86. The van der Waals surface area contributed by atoms with Crippen LogP contribution in [-0.4, -0.2) is 20.8 Å². The number of anilines is 1. The summed E-state index contributed by atoms with van der Waals surface area (Å²) in [4.78, 5) is 4.13. The molecule has 17 heavy (non-hydrogen) atoms. The molecule has 0 saturated heterocycles.